The molecule has 0 saturated carbocycles. The fourth-order valence-corrected chi connectivity index (χ4v) is 2.95. The van der Waals surface area contributed by atoms with Crippen LogP contribution in [0.1, 0.15) is 51.2 Å². The number of carbonyl (C=O) groups excluding carboxylic acids is 1. The Morgan fingerprint density at radius 2 is 1.92 bits per heavy atom. The lowest BCUT2D eigenvalue weighted by atomic mass is 9.96. The maximum absolute atomic E-state index is 12.7. The van der Waals surface area contributed by atoms with E-state index in [0.29, 0.717) is 37.6 Å². The maximum atomic E-state index is 12.7. The van der Waals surface area contributed by atoms with Gasteiger partial charge in [-0.1, -0.05) is 5.16 Å². The van der Waals surface area contributed by atoms with Crippen LogP contribution >= 0.6 is 0 Å². The number of benzene rings is 1. The van der Waals surface area contributed by atoms with E-state index in [1.165, 1.54) is 0 Å². The van der Waals surface area contributed by atoms with Crippen LogP contribution in [0.15, 0.2) is 22.7 Å². The third kappa shape index (κ3) is 3.53. The standard InChI is InChI=1S/C16H16N4O6/c1-9-17-14(26-18-9)10-2-4-19(5-3-10)15(21)11-6-12(16(22)23)8-13(7-11)20(24)25/h6-8,10H,2-5H2,1H3,(H,22,23). The van der Waals surface area contributed by atoms with E-state index in [4.69, 9.17) is 9.63 Å². The van der Waals surface area contributed by atoms with Crippen molar-refractivity contribution < 1.29 is 24.1 Å². The molecule has 1 N–H and O–H groups in total. The predicted octanol–water partition coefficient (Wildman–Crippen LogP) is 2.00. The summed E-state index contributed by atoms with van der Waals surface area (Å²) in [6.07, 6.45) is 1.24. The van der Waals surface area contributed by atoms with E-state index in [9.17, 15) is 19.7 Å². The van der Waals surface area contributed by atoms with Crippen molar-refractivity contribution in [3.8, 4) is 0 Å². The first-order chi connectivity index (χ1) is 12.3. The summed E-state index contributed by atoms with van der Waals surface area (Å²) in [5, 5.41) is 23.9. The minimum atomic E-state index is -1.33. The molecular formula is C16H16N4O6. The summed E-state index contributed by atoms with van der Waals surface area (Å²) < 4.78 is 5.16. The summed E-state index contributed by atoms with van der Waals surface area (Å²) in [7, 11) is 0. The lowest BCUT2D eigenvalue weighted by Crippen LogP contribution is -2.38. The van der Waals surface area contributed by atoms with Crippen LogP contribution in [-0.4, -0.2) is 50.0 Å². The predicted molar refractivity (Wildman–Crippen MR) is 87.0 cm³/mol. The van der Waals surface area contributed by atoms with Gasteiger partial charge in [0.05, 0.1) is 10.5 Å². The van der Waals surface area contributed by atoms with Crippen molar-refractivity contribution in [2.24, 2.45) is 0 Å². The van der Waals surface area contributed by atoms with Crippen molar-refractivity contribution in [2.75, 3.05) is 13.1 Å². The smallest absolute Gasteiger partial charge is 0.335 e. The fraction of sp³-hybridized carbons (Fsp3) is 0.375. The molecule has 1 aliphatic heterocycles. The van der Waals surface area contributed by atoms with Crippen LogP contribution in [0.3, 0.4) is 0 Å². The van der Waals surface area contributed by atoms with Gasteiger partial charge in [0, 0.05) is 36.7 Å². The Labute approximate surface area is 147 Å². The molecule has 0 spiro atoms. The molecule has 10 nitrogen and oxygen atoms in total. The van der Waals surface area contributed by atoms with Crippen LogP contribution in [0.5, 0.6) is 0 Å². The van der Waals surface area contributed by atoms with Gasteiger partial charge in [-0.3, -0.25) is 14.9 Å². The van der Waals surface area contributed by atoms with Gasteiger partial charge in [0.15, 0.2) is 5.82 Å². The molecule has 1 fully saturated rings. The minimum Gasteiger partial charge on any atom is -0.478 e. The molecule has 1 aromatic carbocycles. The van der Waals surface area contributed by atoms with E-state index in [2.05, 4.69) is 10.1 Å². The second-order valence-electron chi connectivity index (χ2n) is 6.08. The molecule has 26 heavy (non-hydrogen) atoms. The van der Waals surface area contributed by atoms with Gasteiger partial charge in [-0.25, -0.2) is 4.79 Å². The van der Waals surface area contributed by atoms with Gasteiger partial charge in [0.1, 0.15) is 0 Å². The Hall–Kier alpha value is -3.30. The van der Waals surface area contributed by atoms with Gasteiger partial charge in [0.2, 0.25) is 5.89 Å². The fourth-order valence-electron chi connectivity index (χ4n) is 2.95. The highest BCUT2D eigenvalue weighted by atomic mass is 16.6. The number of hydrogen-bond donors (Lipinski definition) is 1. The summed E-state index contributed by atoms with van der Waals surface area (Å²) >= 11 is 0. The Kier molecular flexibility index (Phi) is 4.65. The van der Waals surface area contributed by atoms with E-state index in [1.807, 2.05) is 0 Å². The van der Waals surface area contributed by atoms with Gasteiger partial charge >= 0.3 is 5.97 Å². The number of amides is 1. The molecule has 0 aliphatic carbocycles. The summed E-state index contributed by atoms with van der Waals surface area (Å²) in [5.41, 5.74) is -0.730. The zero-order valence-corrected chi connectivity index (χ0v) is 13.9. The molecule has 0 radical (unpaired) electrons. The maximum Gasteiger partial charge on any atom is 0.335 e. The van der Waals surface area contributed by atoms with Gasteiger partial charge < -0.3 is 14.5 Å². The number of carboxylic acids is 1. The van der Waals surface area contributed by atoms with Crippen molar-refractivity contribution >= 4 is 17.6 Å². The lowest BCUT2D eigenvalue weighted by Gasteiger charge is -2.30. The minimum absolute atomic E-state index is 0.0105. The molecule has 136 valence electrons. The van der Waals surface area contributed by atoms with Crippen LogP contribution in [0.4, 0.5) is 5.69 Å². The molecular weight excluding hydrogens is 344 g/mol. The summed E-state index contributed by atoms with van der Waals surface area (Å²) in [4.78, 5) is 39.8. The number of piperidine rings is 1. The topological polar surface area (TPSA) is 140 Å². The number of likely N-dealkylation sites (tertiary alicyclic amines) is 1. The van der Waals surface area contributed by atoms with Crippen LogP contribution < -0.4 is 0 Å². The third-order valence-electron chi connectivity index (χ3n) is 4.30. The summed E-state index contributed by atoms with van der Waals surface area (Å²) in [6, 6.07) is 3.19. The first-order valence-corrected chi connectivity index (χ1v) is 7.97. The van der Waals surface area contributed by atoms with Gasteiger partial charge in [0.25, 0.3) is 11.6 Å². The number of non-ortho nitro benzene ring substituents is 1. The van der Waals surface area contributed by atoms with Crippen molar-refractivity contribution in [3.63, 3.8) is 0 Å². The molecule has 1 amide bonds. The molecule has 2 aromatic rings. The van der Waals surface area contributed by atoms with Crippen LogP contribution in [0.25, 0.3) is 0 Å². The van der Waals surface area contributed by atoms with Crippen molar-refractivity contribution in [2.45, 2.75) is 25.7 Å². The SMILES string of the molecule is Cc1noc(C2CCN(C(=O)c3cc(C(=O)O)cc([N+](=O)[O-])c3)CC2)n1. The number of nitro groups is 1. The number of nitro benzene ring substituents is 1. The molecule has 10 heteroatoms. The van der Waals surface area contributed by atoms with E-state index in [-0.39, 0.29) is 17.0 Å². The van der Waals surface area contributed by atoms with Crippen molar-refractivity contribution in [1.82, 2.24) is 15.0 Å². The Balaban J connectivity index is 1.76. The second kappa shape index (κ2) is 6.90. The summed E-state index contributed by atoms with van der Waals surface area (Å²) in [5.74, 6) is -0.612. The Morgan fingerprint density at radius 1 is 1.27 bits per heavy atom. The molecule has 1 saturated heterocycles. The van der Waals surface area contributed by atoms with E-state index < -0.39 is 22.5 Å². The molecule has 1 aromatic heterocycles. The molecule has 0 unspecified atom stereocenters. The molecule has 0 atom stereocenters. The van der Waals surface area contributed by atoms with Crippen LogP contribution in [-0.2, 0) is 0 Å². The lowest BCUT2D eigenvalue weighted by molar-refractivity contribution is -0.384. The van der Waals surface area contributed by atoms with E-state index in [1.54, 1.807) is 11.8 Å². The van der Waals surface area contributed by atoms with Crippen LogP contribution in [0, 0.1) is 17.0 Å². The second-order valence-corrected chi connectivity index (χ2v) is 6.08. The molecule has 3 rings (SSSR count). The molecule has 0 bridgehead atoms. The highest BCUT2D eigenvalue weighted by molar-refractivity contribution is 5.98. The number of carboxylic acid groups (broad SMARTS) is 1. The summed E-state index contributed by atoms with van der Waals surface area (Å²) in [6.45, 7) is 2.56. The normalized spacial score (nSPS) is 15.0. The number of carbonyl (C=O) groups is 2. The Morgan fingerprint density at radius 3 is 2.46 bits per heavy atom. The number of hydrogen-bond acceptors (Lipinski definition) is 7. The highest BCUT2D eigenvalue weighted by Gasteiger charge is 2.29. The largest absolute Gasteiger partial charge is 0.478 e. The zero-order valence-electron chi connectivity index (χ0n) is 13.9. The number of aryl methyl sites for hydroxylation is 1. The monoisotopic (exact) mass is 360 g/mol. The van der Waals surface area contributed by atoms with Gasteiger partial charge in [-0.05, 0) is 25.8 Å². The molecule has 1 aliphatic rings. The van der Waals surface area contributed by atoms with Crippen LogP contribution in [0.2, 0.25) is 0 Å². The van der Waals surface area contributed by atoms with E-state index >= 15 is 0 Å². The first kappa shape index (κ1) is 17.5. The van der Waals surface area contributed by atoms with E-state index in [0.717, 1.165) is 18.2 Å². The number of aromatic nitrogens is 2. The number of aromatic carboxylic acids is 1. The first-order valence-electron chi connectivity index (χ1n) is 7.97. The highest BCUT2D eigenvalue weighted by Crippen LogP contribution is 2.28. The average Bonchev–Trinajstić information content (AvgIpc) is 3.07. The van der Waals surface area contributed by atoms with Gasteiger partial charge in [-0.15, -0.1) is 0 Å². The van der Waals surface area contributed by atoms with Crippen molar-refractivity contribution in [1.29, 1.82) is 0 Å². The van der Waals surface area contributed by atoms with Gasteiger partial charge in [-0.2, -0.15) is 4.98 Å². The Bertz CT molecular complexity index is 837. The average molecular weight is 360 g/mol. The zero-order chi connectivity index (χ0) is 18.8. The quantitative estimate of drug-likeness (QED) is 0.645. The molecule has 2 heterocycles. The van der Waals surface area contributed by atoms with Crippen molar-refractivity contribution in [3.05, 3.63) is 51.2 Å². The third-order valence-corrected chi connectivity index (χ3v) is 4.30. The number of nitrogens with zero attached hydrogens (tertiary/aromatic N) is 4. The number of rotatable bonds is 4.